The van der Waals surface area contributed by atoms with E-state index in [2.05, 4.69) is 22.1 Å². The Balaban J connectivity index is 2.31. The van der Waals surface area contributed by atoms with Crippen molar-refractivity contribution in [2.75, 3.05) is 20.7 Å². The Hall–Kier alpha value is -2.37. The fourth-order valence-electron chi connectivity index (χ4n) is 1.96. The van der Waals surface area contributed by atoms with Crippen LogP contribution in [-0.2, 0) is 0 Å². The first-order valence-corrected chi connectivity index (χ1v) is 7.40. The maximum absolute atomic E-state index is 11.9. The van der Waals surface area contributed by atoms with Crippen LogP contribution in [0.4, 0.5) is 0 Å². The number of rotatable bonds is 6. The number of aromatic nitrogens is 3. The molecule has 0 aliphatic heterocycles. The third kappa shape index (κ3) is 3.63. The first-order valence-electron chi connectivity index (χ1n) is 7.40. The van der Waals surface area contributed by atoms with Gasteiger partial charge in [0.1, 0.15) is 5.75 Å². The first-order chi connectivity index (χ1) is 10.5. The van der Waals surface area contributed by atoms with Gasteiger partial charge in [-0.05, 0) is 25.5 Å². The van der Waals surface area contributed by atoms with Crippen LogP contribution in [0, 0.1) is 6.92 Å². The normalized spacial score (nSPS) is 10.5. The number of aryl methyl sites for hydroxylation is 1. The van der Waals surface area contributed by atoms with E-state index >= 15 is 0 Å². The van der Waals surface area contributed by atoms with E-state index in [0.29, 0.717) is 12.4 Å². The van der Waals surface area contributed by atoms with Crippen molar-refractivity contribution in [3.05, 3.63) is 29.6 Å². The summed E-state index contributed by atoms with van der Waals surface area (Å²) in [4.78, 5) is 17.7. The maximum Gasteiger partial charge on any atom is 0.290 e. The highest BCUT2D eigenvalue weighted by molar-refractivity contribution is 5.90. The highest BCUT2D eigenvalue weighted by atomic mass is 16.5. The summed E-state index contributed by atoms with van der Waals surface area (Å²) in [6.07, 6.45) is 2.06. The Labute approximate surface area is 130 Å². The van der Waals surface area contributed by atoms with E-state index in [0.717, 1.165) is 29.7 Å². The summed E-state index contributed by atoms with van der Waals surface area (Å²) < 4.78 is 5.81. The molecule has 6 nitrogen and oxygen atoms in total. The lowest BCUT2D eigenvalue weighted by atomic mass is 10.1. The number of H-pyrrole nitrogens is 1. The lowest BCUT2D eigenvalue weighted by Gasteiger charge is -2.10. The van der Waals surface area contributed by atoms with E-state index in [1.165, 1.54) is 4.90 Å². The minimum Gasteiger partial charge on any atom is -0.493 e. The van der Waals surface area contributed by atoms with Crippen LogP contribution in [0.5, 0.6) is 5.75 Å². The van der Waals surface area contributed by atoms with Crippen molar-refractivity contribution < 1.29 is 9.53 Å². The van der Waals surface area contributed by atoms with Gasteiger partial charge in [-0.2, -0.15) is 5.10 Å². The zero-order chi connectivity index (χ0) is 16.1. The molecule has 0 aliphatic carbocycles. The molecule has 0 aliphatic rings. The summed E-state index contributed by atoms with van der Waals surface area (Å²) in [6, 6.07) is 5.88. The van der Waals surface area contributed by atoms with Gasteiger partial charge in [0.25, 0.3) is 5.91 Å². The highest BCUT2D eigenvalue weighted by Gasteiger charge is 2.17. The molecule has 1 heterocycles. The summed E-state index contributed by atoms with van der Waals surface area (Å²) in [5, 5.41) is 6.85. The molecule has 0 saturated heterocycles. The van der Waals surface area contributed by atoms with Crippen LogP contribution >= 0.6 is 0 Å². The largest absolute Gasteiger partial charge is 0.493 e. The second-order valence-corrected chi connectivity index (χ2v) is 5.41. The van der Waals surface area contributed by atoms with Gasteiger partial charge < -0.3 is 9.64 Å². The Morgan fingerprint density at radius 2 is 2.14 bits per heavy atom. The standard InChI is InChI=1S/C16H22N4O2/c1-5-6-9-22-13-8-7-11(2)10-12(13)14-17-15(19-18-14)16(21)20(3)4/h7-8,10H,5-6,9H2,1-4H3,(H,17,18,19). The summed E-state index contributed by atoms with van der Waals surface area (Å²) in [6.45, 7) is 4.77. The van der Waals surface area contributed by atoms with Crippen LogP contribution in [0.3, 0.4) is 0 Å². The van der Waals surface area contributed by atoms with Crippen molar-refractivity contribution >= 4 is 5.91 Å². The number of hydrogen-bond acceptors (Lipinski definition) is 4. The predicted octanol–water partition coefficient (Wildman–Crippen LogP) is 2.66. The molecule has 6 heteroatoms. The van der Waals surface area contributed by atoms with Gasteiger partial charge in [-0.3, -0.25) is 9.89 Å². The minimum absolute atomic E-state index is 0.208. The first kappa shape index (κ1) is 16.0. The molecular weight excluding hydrogens is 280 g/mol. The number of unbranched alkanes of at least 4 members (excludes halogenated alkanes) is 1. The smallest absolute Gasteiger partial charge is 0.290 e. The van der Waals surface area contributed by atoms with E-state index in [-0.39, 0.29) is 11.7 Å². The molecule has 0 radical (unpaired) electrons. The molecule has 2 aromatic rings. The van der Waals surface area contributed by atoms with Gasteiger partial charge in [0, 0.05) is 14.1 Å². The number of benzene rings is 1. The van der Waals surface area contributed by atoms with Crippen molar-refractivity contribution in [2.24, 2.45) is 0 Å². The Morgan fingerprint density at radius 1 is 1.36 bits per heavy atom. The molecule has 0 fully saturated rings. The molecule has 2 rings (SSSR count). The van der Waals surface area contributed by atoms with Gasteiger partial charge in [-0.1, -0.05) is 25.0 Å². The molecule has 1 amide bonds. The number of nitrogens with zero attached hydrogens (tertiary/aromatic N) is 3. The number of hydrogen-bond donors (Lipinski definition) is 1. The van der Waals surface area contributed by atoms with E-state index in [1.54, 1.807) is 14.1 Å². The number of nitrogens with one attached hydrogen (secondary N) is 1. The van der Waals surface area contributed by atoms with Crippen LogP contribution in [0.1, 0.15) is 35.9 Å². The third-order valence-electron chi connectivity index (χ3n) is 3.23. The van der Waals surface area contributed by atoms with Crippen LogP contribution in [0.15, 0.2) is 18.2 Å². The number of aromatic amines is 1. The lowest BCUT2D eigenvalue weighted by Crippen LogP contribution is -2.22. The van der Waals surface area contributed by atoms with Gasteiger partial charge in [0.15, 0.2) is 5.82 Å². The summed E-state index contributed by atoms with van der Waals surface area (Å²) in [5.74, 6) is 1.23. The fourth-order valence-corrected chi connectivity index (χ4v) is 1.96. The summed E-state index contributed by atoms with van der Waals surface area (Å²) >= 11 is 0. The van der Waals surface area contributed by atoms with E-state index in [9.17, 15) is 4.79 Å². The third-order valence-corrected chi connectivity index (χ3v) is 3.23. The van der Waals surface area contributed by atoms with Gasteiger partial charge in [-0.15, -0.1) is 0 Å². The molecular formula is C16H22N4O2. The molecule has 1 aromatic carbocycles. The summed E-state index contributed by atoms with van der Waals surface area (Å²) in [7, 11) is 3.35. The lowest BCUT2D eigenvalue weighted by molar-refractivity contribution is 0.0816. The molecule has 118 valence electrons. The van der Waals surface area contributed by atoms with Crippen molar-refractivity contribution in [1.29, 1.82) is 0 Å². The Kier molecular flexibility index (Phi) is 5.14. The average Bonchev–Trinajstić information content (AvgIpc) is 2.97. The second-order valence-electron chi connectivity index (χ2n) is 5.41. The second kappa shape index (κ2) is 7.06. The monoisotopic (exact) mass is 302 g/mol. The highest BCUT2D eigenvalue weighted by Crippen LogP contribution is 2.28. The number of carbonyl (C=O) groups is 1. The van der Waals surface area contributed by atoms with Crippen molar-refractivity contribution in [3.8, 4) is 17.1 Å². The topological polar surface area (TPSA) is 71.1 Å². The van der Waals surface area contributed by atoms with Crippen molar-refractivity contribution in [1.82, 2.24) is 20.1 Å². The maximum atomic E-state index is 11.9. The molecule has 0 bridgehead atoms. The zero-order valence-electron chi connectivity index (χ0n) is 13.5. The molecule has 1 aromatic heterocycles. The van der Waals surface area contributed by atoms with E-state index < -0.39 is 0 Å². The quantitative estimate of drug-likeness (QED) is 0.833. The Bertz CT molecular complexity index is 649. The predicted molar refractivity (Wildman–Crippen MR) is 85.0 cm³/mol. The molecule has 0 spiro atoms. The van der Waals surface area contributed by atoms with Gasteiger partial charge in [0.05, 0.1) is 12.2 Å². The average molecular weight is 302 g/mol. The number of carbonyl (C=O) groups excluding carboxylic acids is 1. The van der Waals surface area contributed by atoms with Crippen LogP contribution in [0.2, 0.25) is 0 Å². The number of ether oxygens (including phenoxy) is 1. The molecule has 22 heavy (non-hydrogen) atoms. The van der Waals surface area contributed by atoms with Crippen molar-refractivity contribution in [3.63, 3.8) is 0 Å². The molecule has 0 unspecified atom stereocenters. The fraction of sp³-hybridized carbons (Fsp3) is 0.438. The van der Waals surface area contributed by atoms with Crippen molar-refractivity contribution in [2.45, 2.75) is 26.7 Å². The van der Waals surface area contributed by atoms with Crippen LogP contribution in [0.25, 0.3) is 11.4 Å². The van der Waals surface area contributed by atoms with Gasteiger partial charge >= 0.3 is 0 Å². The number of amides is 1. The zero-order valence-corrected chi connectivity index (χ0v) is 13.5. The summed E-state index contributed by atoms with van der Waals surface area (Å²) in [5.41, 5.74) is 1.88. The minimum atomic E-state index is -0.208. The van der Waals surface area contributed by atoms with Crippen LogP contribution < -0.4 is 4.74 Å². The SMILES string of the molecule is CCCCOc1ccc(C)cc1-c1n[nH]c(C(=O)N(C)C)n1. The van der Waals surface area contributed by atoms with Gasteiger partial charge in [0.2, 0.25) is 5.82 Å². The van der Waals surface area contributed by atoms with E-state index in [1.807, 2.05) is 25.1 Å². The van der Waals surface area contributed by atoms with Crippen LogP contribution in [-0.4, -0.2) is 46.7 Å². The molecule has 0 saturated carbocycles. The molecule has 1 N–H and O–H groups in total. The molecule has 0 atom stereocenters. The van der Waals surface area contributed by atoms with Gasteiger partial charge in [-0.25, -0.2) is 4.98 Å². The Morgan fingerprint density at radius 3 is 2.82 bits per heavy atom. The van der Waals surface area contributed by atoms with E-state index in [4.69, 9.17) is 4.74 Å².